The van der Waals surface area contributed by atoms with Crippen molar-refractivity contribution in [3.8, 4) is 23.0 Å². The largest absolute Gasteiger partial charge is 0.493 e. The van der Waals surface area contributed by atoms with Gasteiger partial charge in [0.25, 0.3) is 5.91 Å². The van der Waals surface area contributed by atoms with Gasteiger partial charge in [-0.3, -0.25) is 15.4 Å². The number of unbranched alkanes of at least 4 members (excludes halogenated alkanes) is 2. The number of nitrogens with one attached hydrogen (secondary N) is 2. The number of methoxy groups -OCH3 is 2. The van der Waals surface area contributed by atoms with Gasteiger partial charge in [0.05, 0.1) is 63.5 Å². The lowest BCUT2D eigenvalue weighted by Crippen LogP contribution is -2.47. The van der Waals surface area contributed by atoms with Gasteiger partial charge in [-0.2, -0.15) is 0 Å². The Bertz CT molecular complexity index is 1790. The highest BCUT2D eigenvalue weighted by atomic mass is 33.1. The number of benzene rings is 2. The predicted molar refractivity (Wildman–Crippen MR) is 211 cm³/mol. The molecule has 2 amide bonds. The Morgan fingerprint density at radius 2 is 1.73 bits per heavy atom. The van der Waals surface area contributed by atoms with E-state index in [4.69, 9.17) is 34.2 Å². The van der Waals surface area contributed by atoms with Gasteiger partial charge >= 0.3 is 12.1 Å². The first kappa shape index (κ1) is 41.3. The lowest BCUT2D eigenvalue weighted by Gasteiger charge is -2.29. The van der Waals surface area contributed by atoms with Crippen LogP contribution < -0.4 is 35.3 Å². The Labute approximate surface area is 328 Å². The molecule has 296 valence electrons. The van der Waals surface area contributed by atoms with E-state index >= 15 is 0 Å². The molecular weight excluding hydrogens is 751 g/mol. The Hall–Kier alpha value is -4.84. The van der Waals surface area contributed by atoms with Crippen molar-refractivity contribution in [2.24, 2.45) is 0 Å². The molecule has 2 aromatic carbocycles. The average Bonchev–Trinajstić information content (AvgIpc) is 3.86. The third-order valence-electron chi connectivity index (χ3n) is 8.68. The van der Waals surface area contributed by atoms with Crippen molar-refractivity contribution in [1.29, 1.82) is 0 Å². The molecule has 2 aliphatic heterocycles. The first-order valence-electron chi connectivity index (χ1n) is 17.8. The maximum Gasteiger partial charge on any atom is 0.411 e. The number of likely N-dealkylation sites (tertiary alicyclic amines) is 1. The van der Waals surface area contributed by atoms with E-state index in [9.17, 15) is 19.5 Å². The fraction of sp³-hybridized carbons (Fsp3) is 0.421. The summed E-state index contributed by atoms with van der Waals surface area (Å²) in [5, 5.41) is 16.5. The van der Waals surface area contributed by atoms with Crippen LogP contribution in [0.3, 0.4) is 0 Å². The van der Waals surface area contributed by atoms with Crippen molar-refractivity contribution in [2.75, 3.05) is 70.5 Å². The van der Waals surface area contributed by atoms with Crippen LogP contribution in [0.15, 0.2) is 65.8 Å². The fourth-order valence-electron chi connectivity index (χ4n) is 5.99. The molecule has 5 rings (SSSR count). The third-order valence-corrected chi connectivity index (χ3v) is 11.0. The summed E-state index contributed by atoms with van der Waals surface area (Å²) in [7, 11) is 6.05. The van der Waals surface area contributed by atoms with Gasteiger partial charge in [-0.15, -0.1) is 0 Å². The minimum atomic E-state index is -1.25. The van der Waals surface area contributed by atoms with Crippen LogP contribution in [0.4, 0.5) is 16.2 Å². The van der Waals surface area contributed by atoms with E-state index in [1.54, 1.807) is 34.0 Å². The SMILES string of the molecule is C=C1C[C@@H](C2NCCO2)N(C(=O)c2cc(OC)c(OCCCCCOc3cc(NC(=O)OCCCSSc4ccccn4)c(C(=O)O)cc3OC)cc2N)C1. The predicted octanol–water partition coefficient (Wildman–Crippen LogP) is 6.10. The summed E-state index contributed by atoms with van der Waals surface area (Å²) in [5.74, 6) is 0.558. The molecule has 17 heteroatoms. The lowest BCUT2D eigenvalue weighted by molar-refractivity contribution is 0.0272. The minimum Gasteiger partial charge on any atom is -0.493 e. The molecule has 15 nitrogen and oxygen atoms in total. The molecule has 1 aromatic heterocycles. The number of carboxylic acids is 1. The van der Waals surface area contributed by atoms with Crippen molar-refractivity contribution in [2.45, 2.75) is 49.4 Å². The summed E-state index contributed by atoms with van der Waals surface area (Å²) >= 11 is 0. The first-order chi connectivity index (χ1) is 26.7. The van der Waals surface area contributed by atoms with Gasteiger partial charge in [-0.1, -0.05) is 29.0 Å². The molecule has 0 bridgehead atoms. The Morgan fingerprint density at radius 3 is 2.38 bits per heavy atom. The van der Waals surface area contributed by atoms with E-state index in [0.29, 0.717) is 69.1 Å². The number of hydrogen-bond donors (Lipinski definition) is 4. The zero-order chi connectivity index (χ0) is 39.2. The number of ether oxygens (including phenoxy) is 6. The van der Waals surface area contributed by atoms with Crippen molar-refractivity contribution >= 4 is 50.9 Å². The normalized spacial score (nSPS) is 16.5. The molecule has 0 spiro atoms. The number of carboxylic acid groups (broad SMARTS) is 1. The zero-order valence-corrected chi connectivity index (χ0v) is 32.5. The zero-order valence-electron chi connectivity index (χ0n) is 30.9. The summed E-state index contributed by atoms with van der Waals surface area (Å²) < 4.78 is 33.9. The number of nitrogens with two attached hydrogens (primary N) is 1. The van der Waals surface area contributed by atoms with E-state index in [0.717, 1.165) is 29.3 Å². The number of nitrogens with zero attached hydrogens (tertiary/aromatic N) is 2. The quantitative estimate of drug-likeness (QED) is 0.0443. The van der Waals surface area contributed by atoms with Crippen LogP contribution in [0.2, 0.25) is 0 Å². The number of anilines is 2. The smallest absolute Gasteiger partial charge is 0.411 e. The summed E-state index contributed by atoms with van der Waals surface area (Å²) in [6.45, 7) is 6.65. The van der Waals surface area contributed by atoms with Gasteiger partial charge in [0, 0.05) is 48.9 Å². The van der Waals surface area contributed by atoms with E-state index in [1.165, 1.54) is 37.1 Å². The molecular formula is C38H47N5O10S2. The van der Waals surface area contributed by atoms with Gasteiger partial charge in [-0.05, 0) is 61.1 Å². The Kier molecular flexibility index (Phi) is 15.6. The maximum absolute atomic E-state index is 13.6. The Morgan fingerprint density at radius 1 is 1.00 bits per heavy atom. The van der Waals surface area contributed by atoms with E-state index in [-0.39, 0.29) is 53.2 Å². The summed E-state index contributed by atoms with van der Waals surface area (Å²) in [4.78, 5) is 44.1. The molecule has 0 aliphatic carbocycles. The van der Waals surface area contributed by atoms with Crippen LogP contribution in [-0.4, -0.2) is 105 Å². The number of rotatable bonds is 20. The number of pyridine rings is 1. The molecule has 2 fully saturated rings. The number of nitrogen functional groups attached to an aromatic ring is 1. The molecule has 55 heavy (non-hydrogen) atoms. The van der Waals surface area contributed by atoms with Gasteiger partial charge < -0.3 is 44.2 Å². The summed E-state index contributed by atoms with van der Waals surface area (Å²) in [6, 6.07) is 11.4. The first-order valence-corrected chi connectivity index (χ1v) is 20.2. The summed E-state index contributed by atoms with van der Waals surface area (Å²) in [6.07, 6.45) is 4.00. The number of aromatic carboxylic acids is 1. The topological polar surface area (TPSA) is 193 Å². The molecule has 2 atom stereocenters. The van der Waals surface area contributed by atoms with Crippen LogP contribution >= 0.6 is 21.6 Å². The third kappa shape index (κ3) is 11.6. The average molecular weight is 798 g/mol. The molecule has 2 aliphatic rings. The van der Waals surface area contributed by atoms with E-state index in [1.807, 2.05) is 18.2 Å². The maximum atomic E-state index is 13.6. The molecule has 3 aromatic rings. The minimum absolute atomic E-state index is 0.0215. The van der Waals surface area contributed by atoms with Gasteiger partial charge in [-0.25, -0.2) is 14.6 Å². The van der Waals surface area contributed by atoms with E-state index < -0.39 is 12.1 Å². The van der Waals surface area contributed by atoms with Crippen molar-refractivity contribution in [3.05, 3.63) is 71.9 Å². The molecule has 5 N–H and O–H groups in total. The van der Waals surface area contributed by atoms with E-state index in [2.05, 4.69) is 22.2 Å². The standard InChI is InChI=1S/C38H47N5O10S2/c1-24-18-29(35-41-12-16-52-35)43(23-24)36(44)25-19-30(48-2)32(21-27(25)39)50-13-7-4-8-14-51-33-22-28(26(37(45)46)20-31(33)49-3)42-38(47)53-15-9-17-54-55-34-10-5-6-11-40-34/h5-6,10-11,19-22,29,35,41H,1,4,7-9,12-18,23,39H2,2-3H3,(H,42,47)(H,45,46)/t29-,35?/m0/s1. The summed E-state index contributed by atoms with van der Waals surface area (Å²) in [5.41, 5.74) is 7.77. The number of aromatic nitrogens is 1. The van der Waals surface area contributed by atoms with Crippen molar-refractivity contribution in [3.63, 3.8) is 0 Å². The fourth-order valence-corrected chi connectivity index (χ4v) is 7.93. The van der Waals surface area contributed by atoms with Crippen LogP contribution in [-0.2, 0) is 9.47 Å². The molecule has 2 saturated heterocycles. The van der Waals surface area contributed by atoms with Crippen molar-refractivity contribution in [1.82, 2.24) is 15.2 Å². The second-order valence-corrected chi connectivity index (χ2v) is 15.0. The number of carbonyl (C=O) groups is 3. The lowest BCUT2D eigenvalue weighted by atomic mass is 10.1. The number of hydrogen-bond acceptors (Lipinski definition) is 14. The second-order valence-electron chi connectivity index (χ2n) is 12.6. The van der Waals surface area contributed by atoms with Crippen LogP contribution in [0, 0.1) is 0 Å². The molecule has 1 unspecified atom stereocenters. The highest BCUT2D eigenvalue weighted by Crippen LogP contribution is 2.36. The highest BCUT2D eigenvalue weighted by Gasteiger charge is 2.39. The van der Waals surface area contributed by atoms with Gasteiger partial charge in [0.2, 0.25) is 0 Å². The van der Waals surface area contributed by atoms with Crippen LogP contribution in [0.25, 0.3) is 0 Å². The van der Waals surface area contributed by atoms with Crippen LogP contribution in [0.1, 0.15) is 52.8 Å². The molecule has 0 saturated carbocycles. The number of amides is 2. The second kappa shape index (κ2) is 20.7. The molecule has 3 heterocycles. The van der Waals surface area contributed by atoms with Gasteiger partial charge in [0.1, 0.15) is 11.3 Å². The number of carbonyl (C=O) groups excluding carboxylic acids is 2. The monoisotopic (exact) mass is 797 g/mol. The van der Waals surface area contributed by atoms with Crippen molar-refractivity contribution < 1.29 is 47.9 Å². The molecule has 0 radical (unpaired) electrons. The van der Waals surface area contributed by atoms with Crippen LogP contribution in [0.5, 0.6) is 23.0 Å². The van der Waals surface area contributed by atoms with Gasteiger partial charge in [0.15, 0.2) is 23.0 Å². The highest BCUT2D eigenvalue weighted by molar-refractivity contribution is 8.76. The Balaban J connectivity index is 1.06.